The largest absolute Gasteiger partial charge is 0.385 e. The van der Waals surface area contributed by atoms with E-state index in [-0.39, 0.29) is 17.9 Å². The van der Waals surface area contributed by atoms with Gasteiger partial charge < -0.3 is 5.32 Å². The molecular weight excluding hydrogens is 278 g/mol. The lowest BCUT2D eigenvalue weighted by molar-refractivity contribution is -0.385. The van der Waals surface area contributed by atoms with Gasteiger partial charge >= 0.3 is 5.69 Å². The van der Waals surface area contributed by atoms with Crippen LogP contribution in [0.1, 0.15) is 12.5 Å². The number of hydrogen-bond acceptors (Lipinski definition) is 6. The molecular formula is C12H13N5O4. The molecule has 0 aliphatic rings. The van der Waals surface area contributed by atoms with Crippen molar-refractivity contribution in [3.63, 3.8) is 0 Å². The van der Waals surface area contributed by atoms with Crippen molar-refractivity contribution in [1.29, 1.82) is 0 Å². The van der Waals surface area contributed by atoms with Crippen LogP contribution in [0.2, 0.25) is 0 Å². The lowest BCUT2D eigenvalue weighted by atomic mass is 10.1. The summed E-state index contributed by atoms with van der Waals surface area (Å²) in [5, 5.41) is 28.5. The highest BCUT2D eigenvalue weighted by molar-refractivity contribution is 5.56. The van der Waals surface area contributed by atoms with E-state index in [0.717, 1.165) is 11.9 Å². The van der Waals surface area contributed by atoms with Gasteiger partial charge in [0.2, 0.25) is 0 Å². The lowest BCUT2D eigenvalue weighted by Gasteiger charge is -2.10. The van der Waals surface area contributed by atoms with E-state index in [4.69, 9.17) is 0 Å². The van der Waals surface area contributed by atoms with Crippen LogP contribution < -0.4 is 5.32 Å². The Morgan fingerprint density at radius 3 is 2.52 bits per heavy atom. The first-order valence-corrected chi connectivity index (χ1v) is 6.19. The molecule has 0 atom stereocenters. The topological polar surface area (TPSA) is 116 Å². The molecule has 1 N–H and O–H groups in total. The van der Waals surface area contributed by atoms with E-state index in [1.165, 1.54) is 23.0 Å². The Morgan fingerprint density at radius 2 is 1.95 bits per heavy atom. The molecule has 0 saturated carbocycles. The minimum absolute atomic E-state index is 0.0340. The third-order valence-electron chi connectivity index (χ3n) is 2.83. The number of nitrogens with zero attached hydrogens (tertiary/aromatic N) is 4. The highest BCUT2D eigenvalue weighted by Crippen LogP contribution is 2.23. The maximum atomic E-state index is 10.8. The summed E-state index contributed by atoms with van der Waals surface area (Å²) in [5.41, 5.74) is 1.23. The van der Waals surface area contributed by atoms with Crippen LogP contribution in [-0.2, 0) is 6.54 Å². The minimum Gasteiger partial charge on any atom is -0.385 e. The van der Waals surface area contributed by atoms with Gasteiger partial charge in [0, 0.05) is 29.9 Å². The van der Waals surface area contributed by atoms with Gasteiger partial charge in [-0.25, -0.2) is 0 Å². The van der Waals surface area contributed by atoms with E-state index >= 15 is 0 Å². The zero-order chi connectivity index (χ0) is 15.4. The van der Waals surface area contributed by atoms with Gasteiger partial charge in [-0.3, -0.25) is 24.9 Å². The molecule has 0 bridgehead atoms. The monoisotopic (exact) mass is 291 g/mol. The van der Waals surface area contributed by atoms with E-state index < -0.39 is 9.85 Å². The number of benzene rings is 1. The maximum absolute atomic E-state index is 10.8. The number of rotatable bonds is 6. The van der Waals surface area contributed by atoms with Gasteiger partial charge in [0.05, 0.1) is 16.4 Å². The Morgan fingerprint density at radius 1 is 1.24 bits per heavy atom. The zero-order valence-electron chi connectivity index (χ0n) is 11.2. The summed E-state index contributed by atoms with van der Waals surface area (Å²) in [6.45, 7) is 2.77. The summed E-state index contributed by atoms with van der Waals surface area (Å²) in [5.74, 6) is 0. The summed E-state index contributed by atoms with van der Waals surface area (Å²) < 4.78 is 1.37. The molecule has 1 aromatic heterocycles. The average Bonchev–Trinajstić information content (AvgIpc) is 2.89. The fourth-order valence-electron chi connectivity index (χ4n) is 1.90. The number of non-ortho nitro benzene ring substituents is 1. The molecule has 21 heavy (non-hydrogen) atoms. The second kappa shape index (κ2) is 5.99. The summed E-state index contributed by atoms with van der Waals surface area (Å²) in [6.07, 6.45) is 2.43. The Balaban J connectivity index is 2.32. The molecule has 2 aromatic rings. The number of hydrogen-bond donors (Lipinski definition) is 1. The van der Waals surface area contributed by atoms with Gasteiger partial charge in [-0.05, 0) is 13.0 Å². The first kappa shape index (κ1) is 14.4. The number of anilines is 1. The summed E-state index contributed by atoms with van der Waals surface area (Å²) in [4.78, 5) is 20.5. The molecule has 0 aliphatic heterocycles. The van der Waals surface area contributed by atoms with Crippen molar-refractivity contribution < 1.29 is 9.85 Å². The van der Waals surface area contributed by atoms with Crippen LogP contribution in [0.5, 0.6) is 0 Å². The van der Waals surface area contributed by atoms with Crippen molar-refractivity contribution in [2.24, 2.45) is 0 Å². The molecule has 0 spiro atoms. The highest BCUT2D eigenvalue weighted by atomic mass is 16.6. The Labute approximate surface area is 119 Å². The standard InChI is InChI=1S/C12H13N5O4/c1-2-13-12-4-3-10(16(18)19)5-9(12)7-15-8-11(6-14-15)17(20)21/h3-6,8,13H,2,7H2,1H3. The van der Waals surface area contributed by atoms with Crippen LogP contribution in [0, 0.1) is 20.2 Å². The normalized spacial score (nSPS) is 10.3. The van der Waals surface area contributed by atoms with Crippen LogP contribution in [0.15, 0.2) is 30.6 Å². The van der Waals surface area contributed by atoms with Crippen molar-refractivity contribution >= 4 is 17.1 Å². The smallest absolute Gasteiger partial charge is 0.307 e. The van der Waals surface area contributed by atoms with Gasteiger partial charge in [-0.15, -0.1) is 0 Å². The van der Waals surface area contributed by atoms with Crippen LogP contribution in [0.4, 0.5) is 17.1 Å². The molecule has 0 aliphatic carbocycles. The Hall–Kier alpha value is -2.97. The number of aromatic nitrogens is 2. The molecule has 1 aromatic carbocycles. The molecule has 0 fully saturated rings. The van der Waals surface area contributed by atoms with Crippen molar-refractivity contribution in [3.8, 4) is 0 Å². The van der Waals surface area contributed by atoms with Crippen LogP contribution in [-0.4, -0.2) is 26.2 Å². The van der Waals surface area contributed by atoms with E-state index in [1.807, 2.05) is 6.92 Å². The van der Waals surface area contributed by atoms with Gasteiger partial charge in [-0.2, -0.15) is 5.10 Å². The second-order valence-electron chi connectivity index (χ2n) is 4.28. The summed E-state index contributed by atoms with van der Waals surface area (Å²) in [7, 11) is 0. The van der Waals surface area contributed by atoms with Gasteiger partial charge in [0.25, 0.3) is 5.69 Å². The van der Waals surface area contributed by atoms with Crippen LogP contribution in [0.25, 0.3) is 0 Å². The molecule has 9 heteroatoms. The first-order chi connectivity index (χ1) is 10.0. The van der Waals surface area contributed by atoms with Crippen molar-refractivity contribution in [3.05, 3.63) is 56.4 Å². The van der Waals surface area contributed by atoms with Crippen molar-refractivity contribution in [2.45, 2.75) is 13.5 Å². The molecule has 1 heterocycles. The second-order valence-corrected chi connectivity index (χ2v) is 4.28. The first-order valence-electron chi connectivity index (χ1n) is 6.19. The van der Waals surface area contributed by atoms with Gasteiger partial charge in [0.15, 0.2) is 0 Å². The predicted octanol–water partition coefficient (Wildman–Crippen LogP) is 2.18. The van der Waals surface area contributed by atoms with Crippen LogP contribution in [0.3, 0.4) is 0 Å². The highest BCUT2D eigenvalue weighted by Gasteiger charge is 2.13. The molecule has 110 valence electrons. The van der Waals surface area contributed by atoms with Crippen molar-refractivity contribution in [1.82, 2.24) is 9.78 Å². The van der Waals surface area contributed by atoms with E-state index in [1.54, 1.807) is 6.07 Å². The van der Waals surface area contributed by atoms with Crippen molar-refractivity contribution in [2.75, 3.05) is 11.9 Å². The fourth-order valence-corrected chi connectivity index (χ4v) is 1.90. The third-order valence-corrected chi connectivity index (χ3v) is 2.83. The zero-order valence-corrected chi connectivity index (χ0v) is 11.2. The van der Waals surface area contributed by atoms with E-state index in [9.17, 15) is 20.2 Å². The molecule has 9 nitrogen and oxygen atoms in total. The Kier molecular flexibility index (Phi) is 4.12. The quantitative estimate of drug-likeness (QED) is 0.644. The maximum Gasteiger partial charge on any atom is 0.307 e. The molecule has 0 saturated heterocycles. The molecule has 0 unspecified atom stereocenters. The number of nitro groups is 2. The summed E-state index contributed by atoms with van der Waals surface area (Å²) in [6, 6.07) is 4.47. The lowest BCUT2D eigenvalue weighted by Crippen LogP contribution is -2.06. The molecule has 0 amide bonds. The van der Waals surface area contributed by atoms with Crippen LogP contribution >= 0.6 is 0 Å². The van der Waals surface area contributed by atoms with E-state index in [2.05, 4.69) is 10.4 Å². The molecule has 2 rings (SSSR count). The third kappa shape index (κ3) is 3.32. The Bertz CT molecular complexity index is 682. The number of nitro benzene ring substituents is 1. The number of nitrogens with one attached hydrogen (secondary N) is 1. The van der Waals surface area contributed by atoms with Gasteiger partial charge in [-0.1, -0.05) is 0 Å². The summed E-state index contributed by atoms with van der Waals surface area (Å²) >= 11 is 0. The minimum atomic E-state index is -0.540. The fraction of sp³-hybridized carbons (Fsp3) is 0.250. The molecule has 0 radical (unpaired) electrons. The van der Waals surface area contributed by atoms with Gasteiger partial charge in [0.1, 0.15) is 12.4 Å². The SMILES string of the molecule is CCNc1ccc([N+](=O)[O-])cc1Cn1cc([N+](=O)[O-])cn1. The average molecular weight is 291 g/mol. The van der Waals surface area contributed by atoms with E-state index in [0.29, 0.717) is 12.1 Å². The predicted molar refractivity (Wildman–Crippen MR) is 75.2 cm³/mol.